The zero-order valence-corrected chi connectivity index (χ0v) is 27.1. The fraction of sp³-hybridized carbons (Fsp3) is 0.882. The molecular formula is C34H64O8. The average molecular weight is 601 g/mol. The molecule has 0 aromatic carbocycles. The van der Waals surface area contributed by atoms with Crippen molar-refractivity contribution in [2.45, 2.75) is 181 Å². The van der Waals surface area contributed by atoms with Crippen molar-refractivity contribution in [1.29, 1.82) is 0 Å². The maximum atomic E-state index is 11.2. The van der Waals surface area contributed by atoms with Crippen molar-refractivity contribution in [2.75, 3.05) is 13.2 Å². The lowest BCUT2D eigenvalue weighted by atomic mass is 10.1. The minimum absolute atomic E-state index is 0.0202. The van der Waals surface area contributed by atoms with Gasteiger partial charge in [0.2, 0.25) is 0 Å². The summed E-state index contributed by atoms with van der Waals surface area (Å²) in [6.07, 6.45) is 27.4. The van der Waals surface area contributed by atoms with Gasteiger partial charge in [0, 0.05) is 0 Å². The van der Waals surface area contributed by atoms with E-state index in [4.69, 9.17) is 19.7 Å². The van der Waals surface area contributed by atoms with Crippen LogP contribution in [0.1, 0.15) is 181 Å². The Bertz CT molecular complexity index is 635. The first-order valence-electron chi connectivity index (χ1n) is 17.1. The van der Waals surface area contributed by atoms with E-state index in [-0.39, 0.29) is 25.7 Å². The van der Waals surface area contributed by atoms with E-state index in [1.807, 2.05) is 0 Å². The molecule has 0 saturated heterocycles. The smallest absolute Gasteiger partial charge is 0.306 e. The SMILES string of the molecule is CCCCCCCCCCCCCCOC(=O)CCC(=O)O.CCCCCCCCCCCCOC(=O)CCC(=O)O. The minimum atomic E-state index is -0.958. The molecule has 42 heavy (non-hydrogen) atoms. The van der Waals surface area contributed by atoms with Crippen LogP contribution in [0.5, 0.6) is 0 Å². The van der Waals surface area contributed by atoms with Crippen LogP contribution in [-0.4, -0.2) is 47.3 Å². The molecule has 0 fully saturated rings. The van der Waals surface area contributed by atoms with Gasteiger partial charge in [-0.25, -0.2) is 0 Å². The highest BCUT2D eigenvalue weighted by Gasteiger charge is 2.07. The molecule has 0 radical (unpaired) electrons. The molecule has 0 aliphatic rings. The highest BCUT2D eigenvalue weighted by Crippen LogP contribution is 2.12. The van der Waals surface area contributed by atoms with Gasteiger partial charge in [-0.3, -0.25) is 19.2 Å². The van der Waals surface area contributed by atoms with E-state index in [0.29, 0.717) is 13.2 Å². The first-order valence-corrected chi connectivity index (χ1v) is 17.1. The topological polar surface area (TPSA) is 127 Å². The van der Waals surface area contributed by atoms with Crippen LogP contribution in [0.3, 0.4) is 0 Å². The van der Waals surface area contributed by atoms with Crippen molar-refractivity contribution in [2.24, 2.45) is 0 Å². The van der Waals surface area contributed by atoms with Gasteiger partial charge < -0.3 is 19.7 Å². The summed E-state index contributed by atoms with van der Waals surface area (Å²) in [5.41, 5.74) is 0. The summed E-state index contributed by atoms with van der Waals surface area (Å²) in [7, 11) is 0. The molecule has 0 saturated carbocycles. The maximum absolute atomic E-state index is 11.2. The van der Waals surface area contributed by atoms with Crippen LogP contribution in [-0.2, 0) is 28.7 Å². The van der Waals surface area contributed by atoms with E-state index >= 15 is 0 Å². The fourth-order valence-electron chi connectivity index (χ4n) is 4.47. The Hall–Kier alpha value is -2.12. The van der Waals surface area contributed by atoms with E-state index in [9.17, 15) is 19.2 Å². The molecule has 0 unspecified atom stereocenters. The molecule has 8 heteroatoms. The monoisotopic (exact) mass is 600 g/mol. The Morgan fingerprint density at radius 1 is 0.381 bits per heavy atom. The van der Waals surface area contributed by atoms with Crippen molar-refractivity contribution < 1.29 is 38.9 Å². The Labute approximate surface area is 256 Å². The summed E-state index contributed by atoms with van der Waals surface area (Å²) in [6, 6.07) is 0. The number of esters is 2. The Balaban J connectivity index is 0. The molecule has 0 heterocycles. The van der Waals surface area contributed by atoms with Gasteiger partial charge in [-0.1, -0.05) is 142 Å². The molecule has 0 aliphatic heterocycles. The summed E-state index contributed by atoms with van der Waals surface area (Å²) in [6.45, 7) is 5.33. The molecular weight excluding hydrogens is 536 g/mol. The van der Waals surface area contributed by atoms with Crippen LogP contribution in [0.15, 0.2) is 0 Å². The molecule has 0 bridgehead atoms. The number of aliphatic carboxylic acids is 2. The number of hydrogen-bond acceptors (Lipinski definition) is 6. The summed E-state index contributed by atoms with van der Waals surface area (Å²) >= 11 is 0. The summed E-state index contributed by atoms with van der Waals surface area (Å²) < 4.78 is 9.94. The van der Waals surface area contributed by atoms with Crippen molar-refractivity contribution in [3.05, 3.63) is 0 Å². The third-order valence-electron chi connectivity index (χ3n) is 7.11. The number of carbonyl (C=O) groups is 4. The molecule has 0 atom stereocenters. The van der Waals surface area contributed by atoms with E-state index in [2.05, 4.69) is 13.8 Å². The molecule has 0 aromatic rings. The summed E-state index contributed by atoms with van der Waals surface area (Å²) in [5.74, 6) is -2.71. The van der Waals surface area contributed by atoms with Crippen LogP contribution in [0.2, 0.25) is 0 Å². The van der Waals surface area contributed by atoms with Gasteiger partial charge in [0.1, 0.15) is 0 Å². The van der Waals surface area contributed by atoms with Crippen LogP contribution >= 0.6 is 0 Å². The number of unbranched alkanes of at least 4 members (excludes halogenated alkanes) is 20. The van der Waals surface area contributed by atoms with Crippen LogP contribution in [0, 0.1) is 0 Å². The van der Waals surface area contributed by atoms with Crippen LogP contribution < -0.4 is 0 Å². The number of carboxylic acid groups (broad SMARTS) is 2. The number of carbonyl (C=O) groups excluding carboxylic acids is 2. The molecule has 0 aliphatic carbocycles. The highest BCUT2D eigenvalue weighted by atomic mass is 16.5. The van der Waals surface area contributed by atoms with Crippen LogP contribution in [0.25, 0.3) is 0 Å². The number of hydrogen-bond donors (Lipinski definition) is 2. The molecule has 248 valence electrons. The standard InChI is InChI=1S/C18H34O4.C16H30O4/c1-2-3-4-5-6-7-8-9-10-11-12-13-16-22-18(21)15-14-17(19)20;1-2-3-4-5-6-7-8-9-10-11-14-20-16(19)13-12-15(17)18/h2-16H2,1H3,(H,19,20);2-14H2,1H3,(H,17,18). The number of ether oxygens (including phenoxy) is 2. The fourth-order valence-corrected chi connectivity index (χ4v) is 4.47. The molecule has 8 nitrogen and oxygen atoms in total. The Kier molecular flexibility index (Phi) is 35.1. The second-order valence-corrected chi connectivity index (χ2v) is 11.3. The van der Waals surface area contributed by atoms with Gasteiger partial charge in [0.15, 0.2) is 0 Å². The number of carboxylic acids is 2. The largest absolute Gasteiger partial charge is 0.481 e. The molecule has 2 N–H and O–H groups in total. The maximum Gasteiger partial charge on any atom is 0.306 e. The Morgan fingerprint density at radius 3 is 0.857 bits per heavy atom. The quantitative estimate of drug-likeness (QED) is 0.0616. The lowest BCUT2D eigenvalue weighted by molar-refractivity contribution is -0.147. The third-order valence-corrected chi connectivity index (χ3v) is 7.11. The van der Waals surface area contributed by atoms with E-state index < -0.39 is 23.9 Å². The van der Waals surface area contributed by atoms with Gasteiger partial charge in [-0.2, -0.15) is 0 Å². The van der Waals surface area contributed by atoms with Crippen molar-refractivity contribution in [1.82, 2.24) is 0 Å². The van der Waals surface area contributed by atoms with E-state index in [1.165, 1.54) is 116 Å². The number of rotatable bonds is 30. The van der Waals surface area contributed by atoms with Gasteiger partial charge in [0.25, 0.3) is 0 Å². The second kappa shape index (κ2) is 35.1. The van der Waals surface area contributed by atoms with Gasteiger partial charge in [-0.05, 0) is 12.8 Å². The minimum Gasteiger partial charge on any atom is -0.481 e. The predicted octanol–water partition coefficient (Wildman–Crippen LogP) is 9.41. The van der Waals surface area contributed by atoms with Gasteiger partial charge in [-0.15, -0.1) is 0 Å². The normalized spacial score (nSPS) is 10.5. The zero-order valence-electron chi connectivity index (χ0n) is 27.1. The summed E-state index contributed by atoms with van der Waals surface area (Å²) in [5, 5.41) is 16.9. The van der Waals surface area contributed by atoms with E-state index in [0.717, 1.165) is 25.7 Å². The zero-order chi connectivity index (χ0) is 31.5. The first kappa shape index (κ1) is 42.0. The average Bonchev–Trinajstić information content (AvgIpc) is 2.96. The van der Waals surface area contributed by atoms with Gasteiger partial charge in [0.05, 0.1) is 38.9 Å². The molecule has 0 rings (SSSR count). The first-order chi connectivity index (χ1) is 20.3. The highest BCUT2D eigenvalue weighted by molar-refractivity contribution is 5.77. The lowest BCUT2D eigenvalue weighted by Gasteiger charge is -2.04. The Morgan fingerprint density at radius 2 is 0.619 bits per heavy atom. The summed E-state index contributed by atoms with van der Waals surface area (Å²) in [4.78, 5) is 42.8. The second-order valence-electron chi connectivity index (χ2n) is 11.3. The van der Waals surface area contributed by atoms with Crippen molar-refractivity contribution in [3.63, 3.8) is 0 Å². The molecule has 0 spiro atoms. The molecule has 0 amide bonds. The van der Waals surface area contributed by atoms with Crippen LogP contribution in [0.4, 0.5) is 0 Å². The predicted molar refractivity (Wildman–Crippen MR) is 169 cm³/mol. The van der Waals surface area contributed by atoms with E-state index in [1.54, 1.807) is 0 Å². The third kappa shape index (κ3) is 40.0. The van der Waals surface area contributed by atoms with Crippen molar-refractivity contribution in [3.8, 4) is 0 Å². The van der Waals surface area contributed by atoms with Gasteiger partial charge >= 0.3 is 23.9 Å². The molecule has 0 aromatic heterocycles. The lowest BCUT2D eigenvalue weighted by Crippen LogP contribution is -2.08. The van der Waals surface area contributed by atoms with Crippen molar-refractivity contribution >= 4 is 23.9 Å².